The second-order valence-corrected chi connectivity index (χ2v) is 9.38. The quantitative estimate of drug-likeness (QED) is 0.105. The van der Waals surface area contributed by atoms with Crippen LogP contribution >= 0.6 is 31.9 Å². The van der Waals surface area contributed by atoms with Crippen LogP contribution in [0.1, 0.15) is 22.3 Å². The van der Waals surface area contributed by atoms with Crippen molar-refractivity contribution in [2.24, 2.45) is 4.99 Å². The Morgan fingerprint density at radius 2 is 1.78 bits per heavy atom. The van der Waals surface area contributed by atoms with Crippen molar-refractivity contribution in [3.8, 4) is 5.75 Å². The molecular formula is C26H16Br2N2O6. The van der Waals surface area contributed by atoms with Gasteiger partial charge in [-0.2, -0.15) is 0 Å². The van der Waals surface area contributed by atoms with Gasteiger partial charge in [0.25, 0.3) is 5.69 Å². The maximum Gasteiger partial charge on any atom is 0.363 e. The predicted octanol–water partition coefficient (Wildman–Crippen LogP) is 6.39. The van der Waals surface area contributed by atoms with Crippen LogP contribution in [0.4, 0.5) is 5.69 Å². The summed E-state index contributed by atoms with van der Waals surface area (Å²) < 4.78 is 12.0. The van der Waals surface area contributed by atoms with Gasteiger partial charge >= 0.3 is 11.9 Å². The van der Waals surface area contributed by atoms with Gasteiger partial charge in [0.05, 0.1) is 9.40 Å². The minimum absolute atomic E-state index is 0.0503. The number of hydrogen-bond acceptors (Lipinski definition) is 7. The average molecular weight is 612 g/mol. The second-order valence-electron chi connectivity index (χ2n) is 7.61. The van der Waals surface area contributed by atoms with E-state index in [-0.39, 0.29) is 23.0 Å². The maximum absolute atomic E-state index is 12.5. The van der Waals surface area contributed by atoms with E-state index in [0.717, 1.165) is 5.56 Å². The Morgan fingerprint density at radius 1 is 1.08 bits per heavy atom. The number of rotatable bonds is 6. The number of nitro groups is 1. The molecule has 1 aliphatic rings. The molecule has 0 radical (unpaired) electrons. The molecule has 0 saturated carbocycles. The lowest BCUT2D eigenvalue weighted by atomic mass is 10.1. The van der Waals surface area contributed by atoms with Crippen LogP contribution in [0.15, 0.2) is 86.4 Å². The van der Waals surface area contributed by atoms with E-state index in [9.17, 15) is 19.7 Å². The van der Waals surface area contributed by atoms with Crippen molar-refractivity contribution in [3.63, 3.8) is 0 Å². The number of cyclic esters (lactones) is 1. The van der Waals surface area contributed by atoms with E-state index in [2.05, 4.69) is 36.9 Å². The number of nitrogens with zero attached hydrogens (tertiary/aromatic N) is 2. The predicted molar refractivity (Wildman–Crippen MR) is 141 cm³/mol. The minimum Gasteiger partial charge on any atom is -0.422 e. The van der Waals surface area contributed by atoms with Crippen molar-refractivity contribution in [1.82, 2.24) is 0 Å². The van der Waals surface area contributed by atoms with Crippen LogP contribution in [0.3, 0.4) is 0 Å². The van der Waals surface area contributed by atoms with E-state index >= 15 is 0 Å². The lowest BCUT2D eigenvalue weighted by Gasteiger charge is -2.09. The Hall–Kier alpha value is -3.89. The monoisotopic (exact) mass is 610 g/mol. The number of carbonyl (C=O) groups is 2. The molecule has 0 fully saturated rings. The topological polar surface area (TPSA) is 108 Å². The number of benzene rings is 3. The van der Waals surface area contributed by atoms with Crippen molar-refractivity contribution in [1.29, 1.82) is 0 Å². The Morgan fingerprint density at radius 3 is 2.44 bits per heavy atom. The van der Waals surface area contributed by atoms with Crippen molar-refractivity contribution in [3.05, 3.63) is 114 Å². The molecule has 0 saturated heterocycles. The molecule has 36 heavy (non-hydrogen) atoms. The number of aliphatic imine (C=N–C) groups is 1. The highest BCUT2D eigenvalue weighted by molar-refractivity contribution is 9.11. The summed E-state index contributed by atoms with van der Waals surface area (Å²) in [4.78, 5) is 39.6. The fourth-order valence-electron chi connectivity index (χ4n) is 3.18. The van der Waals surface area contributed by atoms with Crippen molar-refractivity contribution < 1.29 is 24.0 Å². The minimum atomic E-state index is -0.686. The van der Waals surface area contributed by atoms with Gasteiger partial charge in [0.1, 0.15) is 0 Å². The molecule has 180 valence electrons. The van der Waals surface area contributed by atoms with Crippen LogP contribution in [-0.2, 0) is 14.3 Å². The SMILES string of the molecule is Cc1ccc(C2=N/C(=C\c3cc(Br)cc(Br)c3OC(=O)/C=C/c3ccc([N+](=O)[O-])cc3)C(=O)O2)cc1. The van der Waals surface area contributed by atoms with Crippen LogP contribution in [0.5, 0.6) is 5.75 Å². The third-order valence-electron chi connectivity index (χ3n) is 4.97. The van der Waals surface area contributed by atoms with Crippen molar-refractivity contribution in [2.45, 2.75) is 6.92 Å². The first-order valence-corrected chi connectivity index (χ1v) is 12.0. The Kier molecular flexibility index (Phi) is 7.56. The highest BCUT2D eigenvalue weighted by Crippen LogP contribution is 2.35. The van der Waals surface area contributed by atoms with E-state index < -0.39 is 16.9 Å². The van der Waals surface area contributed by atoms with Crippen LogP contribution in [0, 0.1) is 17.0 Å². The summed E-state index contributed by atoms with van der Waals surface area (Å²) in [7, 11) is 0. The fraction of sp³-hybridized carbons (Fsp3) is 0.0385. The molecule has 0 unspecified atom stereocenters. The first-order chi connectivity index (χ1) is 17.2. The number of carbonyl (C=O) groups excluding carboxylic acids is 2. The molecule has 0 aliphatic carbocycles. The summed E-state index contributed by atoms with van der Waals surface area (Å²) in [5.74, 6) is -0.952. The largest absolute Gasteiger partial charge is 0.422 e. The lowest BCUT2D eigenvalue weighted by Crippen LogP contribution is -2.06. The maximum atomic E-state index is 12.5. The summed E-state index contributed by atoms with van der Waals surface area (Å²) in [6.07, 6.45) is 4.15. The Labute approximate surface area is 222 Å². The summed E-state index contributed by atoms with van der Waals surface area (Å²) >= 11 is 6.78. The number of nitro benzene ring substituents is 1. The molecular weight excluding hydrogens is 596 g/mol. The zero-order valence-electron chi connectivity index (χ0n) is 18.6. The number of aryl methyl sites for hydroxylation is 1. The standard InChI is InChI=1S/C26H16Br2N2O6/c1-15-2-7-17(8-3-15)25-29-22(26(32)36-25)13-18-12-19(27)14-21(28)24(18)35-23(31)11-6-16-4-9-20(10-5-16)30(33)34/h2-14H,1H3/b11-6+,22-13-. The Balaban J connectivity index is 1.59. The van der Waals surface area contributed by atoms with E-state index in [1.807, 2.05) is 31.2 Å². The zero-order valence-corrected chi connectivity index (χ0v) is 21.8. The summed E-state index contributed by atoms with van der Waals surface area (Å²) in [6.45, 7) is 1.95. The number of non-ortho nitro benzene ring substituents is 1. The zero-order chi connectivity index (χ0) is 25.8. The first kappa shape index (κ1) is 25.2. The molecule has 0 bridgehead atoms. The molecule has 3 aromatic carbocycles. The summed E-state index contributed by atoms with van der Waals surface area (Å²) in [5.41, 5.74) is 2.72. The molecule has 8 nitrogen and oxygen atoms in total. The Bertz CT molecular complexity index is 1460. The van der Waals surface area contributed by atoms with Gasteiger partial charge in [-0.1, -0.05) is 33.6 Å². The van der Waals surface area contributed by atoms with Crippen molar-refractivity contribution >= 4 is 67.5 Å². The molecule has 10 heteroatoms. The van der Waals surface area contributed by atoms with Gasteiger partial charge in [-0.05, 0) is 77.0 Å². The van der Waals surface area contributed by atoms with Gasteiger partial charge in [0.15, 0.2) is 11.4 Å². The van der Waals surface area contributed by atoms with E-state index in [4.69, 9.17) is 9.47 Å². The third kappa shape index (κ3) is 6.02. The highest BCUT2D eigenvalue weighted by Gasteiger charge is 2.25. The molecule has 0 N–H and O–H groups in total. The molecule has 0 aromatic heterocycles. The second kappa shape index (κ2) is 10.8. The molecule has 3 aromatic rings. The van der Waals surface area contributed by atoms with Crippen LogP contribution in [-0.4, -0.2) is 22.8 Å². The number of ether oxygens (including phenoxy) is 2. The highest BCUT2D eigenvalue weighted by atomic mass is 79.9. The summed E-state index contributed by atoms with van der Waals surface area (Å²) in [5, 5.41) is 10.8. The number of halogens is 2. The van der Waals surface area contributed by atoms with E-state index in [1.165, 1.54) is 42.5 Å². The number of hydrogen-bond donors (Lipinski definition) is 0. The van der Waals surface area contributed by atoms with Crippen LogP contribution in [0.2, 0.25) is 0 Å². The van der Waals surface area contributed by atoms with Crippen LogP contribution in [0.25, 0.3) is 12.2 Å². The molecule has 1 heterocycles. The summed E-state index contributed by atoms with van der Waals surface area (Å²) in [6, 6.07) is 16.5. The third-order valence-corrected chi connectivity index (χ3v) is 6.01. The molecule has 0 atom stereocenters. The molecule has 4 rings (SSSR count). The van der Waals surface area contributed by atoms with Gasteiger partial charge in [-0.15, -0.1) is 0 Å². The van der Waals surface area contributed by atoms with Crippen molar-refractivity contribution in [2.75, 3.05) is 0 Å². The average Bonchev–Trinajstić information content (AvgIpc) is 3.20. The fourth-order valence-corrected chi connectivity index (χ4v) is 4.52. The van der Waals surface area contributed by atoms with E-state index in [1.54, 1.807) is 12.1 Å². The first-order valence-electron chi connectivity index (χ1n) is 10.4. The van der Waals surface area contributed by atoms with Gasteiger partial charge in [-0.3, -0.25) is 10.1 Å². The normalized spacial score (nSPS) is 14.1. The van der Waals surface area contributed by atoms with Gasteiger partial charge in [0.2, 0.25) is 5.90 Å². The van der Waals surface area contributed by atoms with Crippen LogP contribution < -0.4 is 4.74 Å². The smallest absolute Gasteiger partial charge is 0.363 e. The van der Waals surface area contributed by atoms with Gasteiger partial charge in [0, 0.05) is 33.8 Å². The molecule has 0 amide bonds. The van der Waals surface area contributed by atoms with Gasteiger partial charge in [-0.25, -0.2) is 14.6 Å². The lowest BCUT2D eigenvalue weighted by molar-refractivity contribution is -0.384. The van der Waals surface area contributed by atoms with Gasteiger partial charge < -0.3 is 9.47 Å². The molecule has 1 aliphatic heterocycles. The molecule has 0 spiro atoms. The number of esters is 2. The van der Waals surface area contributed by atoms with E-state index in [0.29, 0.717) is 25.6 Å².